The molecule has 1 aliphatic rings. The first kappa shape index (κ1) is 26.0. The van der Waals surface area contributed by atoms with E-state index >= 15 is 0 Å². The number of hydrogen-bond donors (Lipinski definition) is 4. The van der Waals surface area contributed by atoms with Gasteiger partial charge < -0.3 is 16.1 Å². The van der Waals surface area contributed by atoms with Crippen LogP contribution in [-0.4, -0.2) is 20.5 Å². The molecule has 0 aliphatic carbocycles. The maximum Gasteiger partial charge on any atom is 0.141 e. The van der Waals surface area contributed by atoms with Gasteiger partial charge in [0.05, 0.1) is 43.7 Å². The van der Waals surface area contributed by atoms with Crippen molar-refractivity contribution in [1.29, 1.82) is 5.26 Å². The summed E-state index contributed by atoms with van der Waals surface area (Å²) in [6.45, 7) is 6.29. The molecule has 2 aromatic carbocycles. The van der Waals surface area contributed by atoms with Gasteiger partial charge in [-0.2, -0.15) is 5.26 Å². The normalized spacial score (nSPS) is 14.1. The van der Waals surface area contributed by atoms with Crippen molar-refractivity contribution in [3.05, 3.63) is 86.4 Å². The predicted molar refractivity (Wildman–Crippen MR) is 151 cm³/mol. The Labute approximate surface area is 233 Å². The second kappa shape index (κ2) is 10.3. The van der Waals surface area contributed by atoms with Crippen LogP contribution in [0.15, 0.2) is 59.3 Å². The van der Waals surface area contributed by atoms with Crippen LogP contribution >= 0.6 is 34.5 Å². The maximum atomic E-state index is 13.7. The largest absolute Gasteiger partial charge is 0.371 e. The number of nitrogens with zero attached hydrogens (tertiary/aromatic N) is 4. The molecule has 1 atom stereocenters. The Kier molecular flexibility index (Phi) is 7.03. The van der Waals surface area contributed by atoms with Gasteiger partial charge >= 0.3 is 0 Å². The summed E-state index contributed by atoms with van der Waals surface area (Å²) < 4.78 is 13.7. The van der Waals surface area contributed by atoms with Crippen LogP contribution in [0.5, 0.6) is 0 Å². The first-order valence-electron chi connectivity index (χ1n) is 11.6. The van der Waals surface area contributed by atoms with Gasteiger partial charge in [0.1, 0.15) is 17.9 Å². The third kappa shape index (κ3) is 5.19. The van der Waals surface area contributed by atoms with Crippen molar-refractivity contribution in [2.75, 3.05) is 10.6 Å². The lowest BCUT2D eigenvalue weighted by Gasteiger charge is -2.30. The smallest absolute Gasteiger partial charge is 0.141 e. The van der Waals surface area contributed by atoms with Gasteiger partial charge in [0.25, 0.3) is 0 Å². The molecule has 4 aromatic rings. The molecule has 38 heavy (non-hydrogen) atoms. The summed E-state index contributed by atoms with van der Waals surface area (Å²) in [5.74, 6) is -0.533. The monoisotopic (exact) mass is 568 g/mol. The lowest BCUT2D eigenvalue weighted by Crippen LogP contribution is -2.47. The number of nitrogens with one attached hydrogen (secondary N) is 4. The van der Waals surface area contributed by atoms with Gasteiger partial charge in [-0.05, 0) is 51.1 Å². The van der Waals surface area contributed by atoms with E-state index < -0.39 is 5.82 Å². The van der Waals surface area contributed by atoms with Gasteiger partial charge in [0, 0.05) is 40.1 Å². The highest BCUT2D eigenvalue weighted by atomic mass is 35.5. The van der Waals surface area contributed by atoms with Crippen molar-refractivity contribution in [2.24, 2.45) is 0 Å². The quantitative estimate of drug-likeness (QED) is 0.200. The molecule has 0 spiro atoms. The minimum Gasteiger partial charge on any atom is -0.371 e. The van der Waals surface area contributed by atoms with Crippen LogP contribution in [0.4, 0.5) is 21.5 Å². The Morgan fingerprint density at radius 1 is 1.13 bits per heavy atom. The van der Waals surface area contributed by atoms with Crippen LogP contribution in [0.25, 0.3) is 10.9 Å². The average molecular weight is 569 g/mol. The van der Waals surface area contributed by atoms with E-state index in [2.05, 4.69) is 58.4 Å². The molecule has 0 amide bonds. The summed E-state index contributed by atoms with van der Waals surface area (Å²) in [5, 5.41) is 21.5. The van der Waals surface area contributed by atoms with E-state index in [0.29, 0.717) is 38.6 Å². The molecule has 0 bridgehead atoms. The van der Waals surface area contributed by atoms with Crippen LogP contribution in [0, 0.1) is 17.1 Å². The molecule has 0 saturated carbocycles. The molecule has 5 rings (SSSR count). The lowest BCUT2D eigenvalue weighted by atomic mass is 10.1. The molecule has 0 unspecified atom stereocenters. The van der Waals surface area contributed by atoms with E-state index in [1.54, 1.807) is 17.6 Å². The highest BCUT2D eigenvalue weighted by molar-refractivity contribution is 7.07. The van der Waals surface area contributed by atoms with E-state index in [1.165, 1.54) is 29.7 Å². The number of pyridine rings is 1. The zero-order valence-electron chi connectivity index (χ0n) is 20.6. The van der Waals surface area contributed by atoms with Gasteiger partial charge in [-0.25, -0.2) is 9.37 Å². The second-order valence-electron chi connectivity index (χ2n) is 9.62. The van der Waals surface area contributed by atoms with Crippen LogP contribution in [-0.2, 0) is 0 Å². The molecule has 4 N–H and O–H groups in total. The molecule has 194 valence electrons. The molecule has 1 aliphatic heterocycles. The predicted octanol–water partition coefficient (Wildman–Crippen LogP) is 6.87. The zero-order valence-corrected chi connectivity index (χ0v) is 22.9. The number of rotatable bonds is 6. The van der Waals surface area contributed by atoms with E-state index in [1.807, 2.05) is 22.7 Å². The Balaban J connectivity index is 1.58. The number of aromatic nitrogens is 2. The van der Waals surface area contributed by atoms with Crippen LogP contribution < -0.4 is 21.6 Å². The number of anilines is 3. The SMILES string of the molecule is CC(C)(C)N1C=C([C@@H](Nc2cc(Cl)c3ncc(C#N)c(Nc4ccc(F)c(Cl)c4)c3c2)c2cscn2)NN1. The van der Waals surface area contributed by atoms with E-state index in [0.717, 1.165) is 11.4 Å². The summed E-state index contributed by atoms with van der Waals surface area (Å²) in [6.07, 6.45) is 3.45. The first-order chi connectivity index (χ1) is 18.1. The summed E-state index contributed by atoms with van der Waals surface area (Å²) >= 11 is 14.2. The molecule has 0 fully saturated rings. The fourth-order valence-corrected chi connectivity index (χ4v) is 4.99. The molecular formula is C26H23Cl2FN8S. The molecule has 2 aromatic heterocycles. The fraction of sp³-hybridized carbons (Fsp3) is 0.192. The lowest BCUT2D eigenvalue weighted by molar-refractivity contribution is 0.138. The third-order valence-electron chi connectivity index (χ3n) is 5.92. The summed E-state index contributed by atoms with van der Waals surface area (Å²) in [6, 6.07) is 9.75. The van der Waals surface area contributed by atoms with Crippen molar-refractivity contribution in [3.8, 4) is 6.07 Å². The molecule has 0 saturated heterocycles. The Morgan fingerprint density at radius 3 is 2.58 bits per heavy atom. The van der Waals surface area contributed by atoms with Crippen LogP contribution in [0.3, 0.4) is 0 Å². The molecule has 3 heterocycles. The second-order valence-corrected chi connectivity index (χ2v) is 11.2. The number of fused-ring (bicyclic) bond motifs is 1. The minimum atomic E-state index is -0.533. The first-order valence-corrected chi connectivity index (χ1v) is 13.3. The molecule has 12 heteroatoms. The number of nitriles is 1. The highest BCUT2D eigenvalue weighted by Crippen LogP contribution is 2.37. The van der Waals surface area contributed by atoms with Crippen LogP contribution in [0.2, 0.25) is 10.0 Å². The molecule has 0 radical (unpaired) electrons. The Bertz CT molecular complexity index is 1580. The highest BCUT2D eigenvalue weighted by Gasteiger charge is 2.29. The van der Waals surface area contributed by atoms with Crippen LogP contribution in [0.1, 0.15) is 38.1 Å². The van der Waals surface area contributed by atoms with Crippen molar-refractivity contribution >= 4 is 62.5 Å². The van der Waals surface area contributed by atoms with E-state index in [-0.39, 0.29) is 16.6 Å². The van der Waals surface area contributed by atoms with Gasteiger partial charge in [-0.15, -0.1) is 16.9 Å². The third-order valence-corrected chi connectivity index (χ3v) is 7.10. The minimum absolute atomic E-state index is 0.0337. The number of halogens is 3. The van der Waals surface area contributed by atoms with E-state index in [4.69, 9.17) is 23.2 Å². The maximum absolute atomic E-state index is 13.7. The van der Waals surface area contributed by atoms with Crippen molar-refractivity contribution < 1.29 is 4.39 Å². The van der Waals surface area contributed by atoms with Gasteiger partial charge in [0.15, 0.2) is 0 Å². The van der Waals surface area contributed by atoms with Gasteiger partial charge in [-0.3, -0.25) is 9.99 Å². The van der Waals surface area contributed by atoms with Crippen molar-refractivity contribution in [1.82, 2.24) is 25.9 Å². The molecule has 8 nitrogen and oxygen atoms in total. The van der Waals surface area contributed by atoms with Crippen molar-refractivity contribution in [3.63, 3.8) is 0 Å². The van der Waals surface area contributed by atoms with Gasteiger partial charge in [-0.1, -0.05) is 23.2 Å². The van der Waals surface area contributed by atoms with Crippen molar-refractivity contribution in [2.45, 2.75) is 32.4 Å². The Morgan fingerprint density at radius 2 is 1.92 bits per heavy atom. The van der Waals surface area contributed by atoms with E-state index in [9.17, 15) is 9.65 Å². The number of hydrazine groups is 2. The average Bonchev–Trinajstić information content (AvgIpc) is 3.58. The number of benzene rings is 2. The summed E-state index contributed by atoms with van der Waals surface area (Å²) in [4.78, 5) is 8.94. The summed E-state index contributed by atoms with van der Waals surface area (Å²) in [7, 11) is 0. The summed E-state index contributed by atoms with van der Waals surface area (Å²) in [5.41, 5.74) is 12.2. The number of hydrogen-bond acceptors (Lipinski definition) is 9. The van der Waals surface area contributed by atoms with Gasteiger partial charge in [0.2, 0.25) is 0 Å². The zero-order chi connectivity index (χ0) is 27.0. The standard InChI is InChI=1S/C26H23Cl2FN8S/c1-26(2,3)37-11-21(35-36-37)25(22-12-38-13-32-22)34-16-6-17-23(33-15-4-5-20(29)18(27)7-15)14(9-30)10-31-24(17)19(28)8-16/h4-8,10-13,25,34-36H,1-3H3,(H,31,33)/t25-/m1/s1. The Hall–Kier alpha value is -3.62. The molecular weight excluding hydrogens is 546 g/mol. The fourth-order valence-electron chi connectivity index (χ4n) is 3.96. The topological polar surface area (TPSA) is 101 Å². The number of thiazole rings is 1.